The largest absolute Gasteiger partial charge is 0.497 e. The Morgan fingerprint density at radius 1 is 1.18 bits per heavy atom. The first-order chi connectivity index (χ1) is 13.0. The molecule has 9 heteroatoms. The van der Waals surface area contributed by atoms with E-state index in [1.54, 1.807) is 18.2 Å². The molecule has 0 bridgehead atoms. The van der Waals surface area contributed by atoms with Crippen molar-refractivity contribution in [1.29, 1.82) is 0 Å². The topological polar surface area (TPSA) is 119 Å². The second-order valence-corrected chi connectivity index (χ2v) is 8.26. The number of aliphatic hydroxyl groups is 1. The normalized spacial score (nSPS) is 13.8. The first-order valence-electron chi connectivity index (χ1n) is 8.36. The first kappa shape index (κ1) is 21.7. The van der Waals surface area contributed by atoms with Crippen LogP contribution in [-0.4, -0.2) is 43.7 Å². The van der Waals surface area contributed by atoms with Crippen molar-refractivity contribution in [1.82, 2.24) is 4.31 Å². The van der Waals surface area contributed by atoms with Gasteiger partial charge in [0.1, 0.15) is 5.75 Å². The van der Waals surface area contributed by atoms with E-state index in [0.29, 0.717) is 21.3 Å². The van der Waals surface area contributed by atoms with E-state index in [1.165, 1.54) is 31.4 Å². The number of aryl methyl sites for hydroxylation is 1. The number of nitrogens with zero attached hydrogens (tertiary/aromatic N) is 1. The van der Waals surface area contributed by atoms with E-state index in [1.807, 2.05) is 6.92 Å². The molecule has 0 radical (unpaired) electrons. The van der Waals surface area contributed by atoms with Crippen LogP contribution in [0.3, 0.4) is 0 Å². The van der Waals surface area contributed by atoms with Gasteiger partial charge >= 0.3 is 5.97 Å². The van der Waals surface area contributed by atoms with Gasteiger partial charge in [-0.1, -0.05) is 17.7 Å². The van der Waals surface area contributed by atoms with Crippen LogP contribution < -0.4 is 10.5 Å². The minimum absolute atomic E-state index is 0.122. The summed E-state index contributed by atoms with van der Waals surface area (Å²) in [5.41, 5.74) is 5.15. The lowest BCUT2D eigenvalue weighted by atomic mass is 10.1. The predicted octanol–water partition coefficient (Wildman–Crippen LogP) is 1.66. The number of ether oxygens (including phenoxy) is 2. The summed E-state index contributed by atoms with van der Waals surface area (Å²) in [4.78, 5) is 12.0. The van der Waals surface area contributed by atoms with Gasteiger partial charge in [0.15, 0.2) is 0 Å². The summed E-state index contributed by atoms with van der Waals surface area (Å²) in [5.74, 6) is -0.649. The second kappa shape index (κ2) is 8.17. The van der Waals surface area contributed by atoms with Gasteiger partial charge in [0.05, 0.1) is 19.1 Å². The van der Waals surface area contributed by atoms with Crippen LogP contribution in [-0.2, 0) is 26.1 Å². The Morgan fingerprint density at radius 2 is 1.79 bits per heavy atom. The van der Waals surface area contributed by atoms with Gasteiger partial charge in [-0.2, -0.15) is 4.31 Å². The number of carbonyl (C=O) groups is 1. The summed E-state index contributed by atoms with van der Waals surface area (Å²) >= 11 is 0. The highest BCUT2D eigenvalue weighted by Crippen LogP contribution is 2.29. The van der Waals surface area contributed by atoms with Crippen LogP contribution in [0.2, 0.25) is 0 Å². The maximum absolute atomic E-state index is 13.3. The van der Waals surface area contributed by atoms with Gasteiger partial charge < -0.3 is 20.3 Å². The standard InChI is InChI=1S/C19H24N2O6S/c1-13-5-10-17(20)14(11-13)12-21(19(2,23)18(22)27-4)28(24,25)16-8-6-15(26-3)7-9-16/h5-11,23H,12,20H2,1-4H3. The number of nitrogens with two attached hydrogens (primary N) is 1. The Morgan fingerprint density at radius 3 is 2.32 bits per heavy atom. The summed E-state index contributed by atoms with van der Waals surface area (Å²) < 4.78 is 36.9. The van der Waals surface area contributed by atoms with Crippen molar-refractivity contribution in [2.75, 3.05) is 20.0 Å². The quantitative estimate of drug-likeness (QED) is 0.406. The molecule has 0 saturated carbocycles. The smallest absolute Gasteiger partial charge is 0.354 e. The van der Waals surface area contributed by atoms with Crippen molar-refractivity contribution < 1.29 is 27.8 Å². The number of hydrogen-bond acceptors (Lipinski definition) is 7. The molecule has 0 heterocycles. The van der Waals surface area contributed by atoms with E-state index in [9.17, 15) is 18.3 Å². The van der Waals surface area contributed by atoms with Crippen molar-refractivity contribution in [3.05, 3.63) is 53.6 Å². The number of benzene rings is 2. The lowest BCUT2D eigenvalue weighted by Gasteiger charge is -2.33. The van der Waals surface area contributed by atoms with Crippen molar-refractivity contribution in [2.24, 2.45) is 0 Å². The second-order valence-electron chi connectivity index (χ2n) is 6.40. The van der Waals surface area contributed by atoms with Gasteiger partial charge in [-0.3, -0.25) is 0 Å². The molecule has 3 N–H and O–H groups in total. The molecule has 0 fully saturated rings. The number of rotatable bonds is 7. The number of nitrogen functional groups attached to an aromatic ring is 1. The third-order valence-corrected chi connectivity index (χ3v) is 6.25. The van der Waals surface area contributed by atoms with E-state index in [2.05, 4.69) is 4.74 Å². The van der Waals surface area contributed by atoms with Crippen LogP contribution in [0.1, 0.15) is 18.1 Å². The number of sulfonamides is 1. The lowest BCUT2D eigenvalue weighted by Crippen LogP contribution is -2.55. The Labute approximate surface area is 164 Å². The van der Waals surface area contributed by atoms with Crippen LogP contribution in [0.15, 0.2) is 47.4 Å². The van der Waals surface area contributed by atoms with Crippen molar-refractivity contribution in [3.63, 3.8) is 0 Å². The van der Waals surface area contributed by atoms with Crippen LogP contribution in [0.5, 0.6) is 5.75 Å². The number of hydrogen-bond donors (Lipinski definition) is 2. The zero-order valence-electron chi connectivity index (χ0n) is 16.2. The molecule has 28 heavy (non-hydrogen) atoms. The van der Waals surface area contributed by atoms with Crippen LogP contribution in [0.25, 0.3) is 0 Å². The number of esters is 1. The average Bonchev–Trinajstić information content (AvgIpc) is 2.67. The van der Waals surface area contributed by atoms with Gasteiger partial charge in [0.25, 0.3) is 0 Å². The molecule has 0 aliphatic carbocycles. The van der Waals surface area contributed by atoms with Gasteiger partial charge in [0, 0.05) is 12.2 Å². The Hall–Kier alpha value is -2.62. The summed E-state index contributed by atoms with van der Waals surface area (Å²) in [5, 5.41) is 10.8. The molecule has 0 amide bonds. The Bertz CT molecular complexity index is 955. The molecule has 0 aliphatic rings. The maximum Gasteiger partial charge on any atom is 0.354 e. The van der Waals surface area contributed by atoms with Gasteiger partial charge in [-0.05, 0) is 49.7 Å². The van der Waals surface area contributed by atoms with E-state index < -0.39 is 21.7 Å². The summed E-state index contributed by atoms with van der Waals surface area (Å²) in [6.45, 7) is 2.56. The molecule has 2 aromatic carbocycles. The van der Waals surface area contributed by atoms with Crippen molar-refractivity contribution >= 4 is 21.7 Å². The van der Waals surface area contributed by atoms with E-state index >= 15 is 0 Å². The van der Waals surface area contributed by atoms with Crippen LogP contribution in [0, 0.1) is 6.92 Å². The molecular weight excluding hydrogens is 384 g/mol. The molecule has 0 aliphatic heterocycles. The highest BCUT2D eigenvalue weighted by atomic mass is 32.2. The highest BCUT2D eigenvalue weighted by molar-refractivity contribution is 7.89. The Balaban J connectivity index is 2.59. The molecule has 8 nitrogen and oxygen atoms in total. The zero-order valence-corrected chi connectivity index (χ0v) is 17.0. The fourth-order valence-corrected chi connectivity index (χ4v) is 4.26. The fraction of sp³-hybridized carbons (Fsp3) is 0.316. The maximum atomic E-state index is 13.3. The first-order valence-corrected chi connectivity index (χ1v) is 9.80. The number of anilines is 1. The molecule has 1 unspecified atom stereocenters. The third kappa shape index (κ3) is 4.27. The van der Waals surface area contributed by atoms with E-state index in [0.717, 1.165) is 19.6 Å². The minimum atomic E-state index is -4.30. The highest BCUT2D eigenvalue weighted by Gasteiger charge is 2.46. The molecule has 152 valence electrons. The fourth-order valence-electron chi connectivity index (χ4n) is 2.67. The Kier molecular flexibility index (Phi) is 6.33. The minimum Gasteiger partial charge on any atom is -0.497 e. The molecule has 0 aromatic heterocycles. The average molecular weight is 408 g/mol. The summed E-state index contributed by atoms with van der Waals surface area (Å²) in [6.07, 6.45) is 0. The molecule has 2 rings (SSSR count). The van der Waals surface area contributed by atoms with Gasteiger partial charge in [-0.15, -0.1) is 0 Å². The van der Waals surface area contributed by atoms with Gasteiger partial charge in [-0.25, -0.2) is 13.2 Å². The summed E-state index contributed by atoms with van der Waals surface area (Å²) in [7, 11) is -1.77. The number of methoxy groups -OCH3 is 2. The summed E-state index contributed by atoms with van der Waals surface area (Å²) in [6, 6.07) is 10.7. The molecular formula is C19H24N2O6S. The van der Waals surface area contributed by atoms with Crippen molar-refractivity contribution in [2.45, 2.75) is 31.0 Å². The SMILES string of the molecule is COC(=O)C(C)(O)N(Cc1cc(C)ccc1N)S(=O)(=O)c1ccc(OC)cc1. The van der Waals surface area contributed by atoms with Crippen LogP contribution >= 0.6 is 0 Å². The molecule has 1 atom stereocenters. The van der Waals surface area contributed by atoms with Crippen molar-refractivity contribution in [3.8, 4) is 5.75 Å². The van der Waals surface area contributed by atoms with Gasteiger partial charge in [0.2, 0.25) is 15.7 Å². The third-order valence-electron chi connectivity index (χ3n) is 4.32. The number of carbonyl (C=O) groups excluding carboxylic acids is 1. The monoisotopic (exact) mass is 408 g/mol. The molecule has 0 spiro atoms. The molecule has 2 aromatic rings. The van der Waals surface area contributed by atoms with E-state index in [4.69, 9.17) is 10.5 Å². The predicted molar refractivity (Wildman–Crippen MR) is 104 cm³/mol. The molecule has 0 saturated heterocycles. The van der Waals surface area contributed by atoms with E-state index in [-0.39, 0.29) is 11.4 Å². The zero-order chi connectivity index (χ0) is 21.1. The lowest BCUT2D eigenvalue weighted by molar-refractivity contribution is -0.173. The van der Waals surface area contributed by atoms with Crippen LogP contribution in [0.4, 0.5) is 5.69 Å².